The molecule has 122 valence electrons. The maximum atomic E-state index is 12.7. The van der Waals surface area contributed by atoms with Crippen LogP contribution in [0.25, 0.3) is 0 Å². The molecule has 1 aromatic carbocycles. The normalized spacial score (nSPS) is 12.7. The SMILES string of the molecule is C#Cc1ccc(OC(F)(F)F)c(OCC(F)(F)C(F)(F)F)c1. The average Bonchev–Trinajstić information content (AvgIpc) is 2.34. The molecule has 0 aliphatic rings. The van der Waals surface area contributed by atoms with Crippen molar-refractivity contribution >= 4 is 0 Å². The predicted molar refractivity (Wildman–Crippen MR) is 57.6 cm³/mol. The molecule has 0 spiro atoms. The molecule has 10 heteroatoms. The second kappa shape index (κ2) is 5.90. The molecule has 1 rings (SSSR count). The van der Waals surface area contributed by atoms with Crippen LogP contribution in [0.5, 0.6) is 11.5 Å². The van der Waals surface area contributed by atoms with E-state index < -0.39 is 36.6 Å². The monoisotopic (exact) mass is 334 g/mol. The molecule has 1 aromatic rings. The summed E-state index contributed by atoms with van der Waals surface area (Å²) in [5.41, 5.74) is -0.0974. The Balaban J connectivity index is 3.04. The van der Waals surface area contributed by atoms with Gasteiger partial charge in [-0.1, -0.05) is 5.92 Å². The molecule has 0 radical (unpaired) electrons. The van der Waals surface area contributed by atoms with Gasteiger partial charge >= 0.3 is 18.5 Å². The van der Waals surface area contributed by atoms with Gasteiger partial charge in [0.05, 0.1) is 0 Å². The van der Waals surface area contributed by atoms with Crippen molar-refractivity contribution in [2.24, 2.45) is 0 Å². The number of hydrogen-bond acceptors (Lipinski definition) is 2. The fourth-order valence-corrected chi connectivity index (χ4v) is 1.17. The highest BCUT2D eigenvalue weighted by Gasteiger charge is 2.58. The van der Waals surface area contributed by atoms with Gasteiger partial charge in [-0.3, -0.25) is 0 Å². The molecule has 0 aliphatic carbocycles. The van der Waals surface area contributed by atoms with Crippen LogP contribution in [-0.4, -0.2) is 25.1 Å². The Morgan fingerprint density at radius 3 is 2.00 bits per heavy atom. The topological polar surface area (TPSA) is 18.5 Å². The number of terminal acetylenes is 1. The van der Waals surface area contributed by atoms with Crippen LogP contribution in [0.2, 0.25) is 0 Å². The Bertz CT molecular complexity index is 568. The molecule has 0 aromatic heterocycles. The highest BCUT2D eigenvalue weighted by Crippen LogP contribution is 2.38. The number of halogens is 8. The van der Waals surface area contributed by atoms with Crippen LogP contribution < -0.4 is 9.47 Å². The lowest BCUT2D eigenvalue weighted by Gasteiger charge is -2.21. The van der Waals surface area contributed by atoms with E-state index in [1.54, 1.807) is 0 Å². The highest BCUT2D eigenvalue weighted by molar-refractivity contribution is 5.47. The van der Waals surface area contributed by atoms with Gasteiger partial charge in [-0.2, -0.15) is 22.0 Å². The van der Waals surface area contributed by atoms with Crippen molar-refractivity contribution in [3.05, 3.63) is 23.8 Å². The molecule has 0 atom stereocenters. The summed E-state index contributed by atoms with van der Waals surface area (Å²) in [5.74, 6) is -5.38. The minimum absolute atomic E-state index is 0.0974. The maximum absolute atomic E-state index is 12.7. The van der Waals surface area contributed by atoms with Crippen LogP contribution in [-0.2, 0) is 0 Å². The third-order valence-electron chi connectivity index (χ3n) is 2.16. The van der Waals surface area contributed by atoms with Gasteiger partial charge < -0.3 is 9.47 Å². The lowest BCUT2D eigenvalue weighted by Crippen LogP contribution is -2.41. The second-order valence-electron chi connectivity index (χ2n) is 3.84. The molecule has 0 aliphatic heterocycles. The predicted octanol–water partition coefficient (Wildman–Crippen LogP) is 4.14. The van der Waals surface area contributed by atoms with E-state index in [4.69, 9.17) is 6.42 Å². The number of ether oxygens (including phenoxy) is 2. The van der Waals surface area contributed by atoms with E-state index in [0.717, 1.165) is 6.07 Å². The molecule has 0 bridgehead atoms. The summed E-state index contributed by atoms with van der Waals surface area (Å²) in [6, 6.07) is 2.28. The third-order valence-corrected chi connectivity index (χ3v) is 2.16. The van der Waals surface area contributed by atoms with Crippen LogP contribution in [0.1, 0.15) is 5.56 Å². The van der Waals surface area contributed by atoms with Gasteiger partial charge in [-0.25, -0.2) is 0 Å². The summed E-state index contributed by atoms with van der Waals surface area (Å²) in [6.45, 7) is -2.22. The van der Waals surface area contributed by atoms with Gasteiger partial charge in [0.15, 0.2) is 18.1 Å². The second-order valence-corrected chi connectivity index (χ2v) is 3.84. The standard InChI is InChI=1S/C12H6F8O2/c1-2-7-3-4-8(22-12(18,19)20)9(5-7)21-6-10(13,14)11(15,16)17/h1,3-5H,6H2. The van der Waals surface area contributed by atoms with Crippen LogP contribution in [0.3, 0.4) is 0 Å². The van der Waals surface area contributed by atoms with Gasteiger partial charge in [0.1, 0.15) is 0 Å². The fraction of sp³-hybridized carbons (Fsp3) is 0.333. The number of rotatable bonds is 4. The van der Waals surface area contributed by atoms with Gasteiger partial charge in [-0.05, 0) is 18.2 Å². The zero-order valence-corrected chi connectivity index (χ0v) is 10.4. The Kier molecular flexibility index (Phi) is 4.79. The molecule has 0 fully saturated rings. The first-order valence-corrected chi connectivity index (χ1v) is 5.29. The van der Waals surface area contributed by atoms with E-state index in [2.05, 4.69) is 9.47 Å². The van der Waals surface area contributed by atoms with E-state index in [-0.39, 0.29) is 5.56 Å². The molecule has 2 nitrogen and oxygen atoms in total. The minimum atomic E-state index is -5.91. The summed E-state index contributed by atoms with van der Waals surface area (Å²) in [6.07, 6.45) is -6.16. The van der Waals surface area contributed by atoms with Gasteiger partial charge in [0.2, 0.25) is 0 Å². The molecule has 0 saturated carbocycles. The van der Waals surface area contributed by atoms with Crippen LogP contribution in [0.4, 0.5) is 35.1 Å². The Hall–Kier alpha value is -2.18. The largest absolute Gasteiger partial charge is 0.573 e. The van der Waals surface area contributed by atoms with Gasteiger partial charge in [0.25, 0.3) is 0 Å². The average molecular weight is 334 g/mol. The van der Waals surface area contributed by atoms with E-state index in [1.165, 1.54) is 0 Å². The summed E-state index contributed by atoms with van der Waals surface area (Å²) in [4.78, 5) is 0. The smallest absolute Gasteiger partial charge is 0.483 e. The van der Waals surface area contributed by atoms with Crippen LogP contribution >= 0.6 is 0 Å². The van der Waals surface area contributed by atoms with Gasteiger partial charge in [-0.15, -0.1) is 19.6 Å². The maximum Gasteiger partial charge on any atom is 0.573 e. The molecular weight excluding hydrogens is 328 g/mol. The van der Waals surface area contributed by atoms with E-state index >= 15 is 0 Å². The minimum Gasteiger partial charge on any atom is -0.483 e. The summed E-state index contributed by atoms with van der Waals surface area (Å²) in [5, 5.41) is 0. The summed E-state index contributed by atoms with van der Waals surface area (Å²) < 4.78 is 105. The summed E-state index contributed by atoms with van der Waals surface area (Å²) >= 11 is 0. The molecular formula is C12H6F8O2. The number of benzene rings is 1. The van der Waals surface area contributed by atoms with Crippen molar-refractivity contribution in [2.75, 3.05) is 6.61 Å². The van der Waals surface area contributed by atoms with Gasteiger partial charge in [0, 0.05) is 5.56 Å². The lowest BCUT2D eigenvalue weighted by atomic mass is 10.2. The number of alkyl halides is 8. The first-order chi connectivity index (χ1) is 9.86. The van der Waals surface area contributed by atoms with Crippen molar-refractivity contribution in [3.63, 3.8) is 0 Å². The fourth-order valence-electron chi connectivity index (χ4n) is 1.17. The first kappa shape index (κ1) is 17.9. The molecule has 0 heterocycles. The molecule has 0 N–H and O–H groups in total. The van der Waals surface area contributed by atoms with Crippen molar-refractivity contribution in [1.29, 1.82) is 0 Å². The van der Waals surface area contributed by atoms with Crippen LogP contribution in [0, 0.1) is 12.3 Å². The van der Waals surface area contributed by atoms with Crippen molar-refractivity contribution < 1.29 is 44.6 Å². The van der Waals surface area contributed by atoms with E-state index in [1.807, 2.05) is 5.92 Å². The molecule has 0 unspecified atom stereocenters. The summed E-state index contributed by atoms with van der Waals surface area (Å²) in [7, 11) is 0. The molecule has 22 heavy (non-hydrogen) atoms. The molecule has 0 amide bonds. The number of hydrogen-bond donors (Lipinski definition) is 0. The van der Waals surface area contributed by atoms with Crippen LogP contribution in [0.15, 0.2) is 18.2 Å². The van der Waals surface area contributed by atoms with Crippen molar-refractivity contribution in [3.8, 4) is 23.8 Å². The van der Waals surface area contributed by atoms with E-state index in [0.29, 0.717) is 12.1 Å². The lowest BCUT2D eigenvalue weighted by molar-refractivity contribution is -0.291. The first-order valence-electron chi connectivity index (χ1n) is 5.29. The third kappa shape index (κ3) is 4.68. The zero-order chi connectivity index (χ0) is 17.2. The Labute approximate surface area is 118 Å². The Morgan fingerprint density at radius 2 is 1.55 bits per heavy atom. The van der Waals surface area contributed by atoms with Crippen molar-refractivity contribution in [1.82, 2.24) is 0 Å². The van der Waals surface area contributed by atoms with Crippen molar-refractivity contribution in [2.45, 2.75) is 18.5 Å². The quantitative estimate of drug-likeness (QED) is 0.609. The zero-order valence-electron chi connectivity index (χ0n) is 10.4. The Morgan fingerprint density at radius 1 is 0.955 bits per heavy atom. The van der Waals surface area contributed by atoms with E-state index in [9.17, 15) is 35.1 Å². The molecule has 0 saturated heterocycles. The highest BCUT2D eigenvalue weighted by atomic mass is 19.4.